The molecule has 0 radical (unpaired) electrons. The van der Waals surface area contributed by atoms with Crippen LogP contribution in [0.5, 0.6) is 0 Å². The molecule has 0 unspecified atom stereocenters. The Hall–Kier alpha value is -2.73. The minimum atomic E-state index is -0.160. The molecule has 1 amide bonds. The van der Waals surface area contributed by atoms with Crippen molar-refractivity contribution in [3.63, 3.8) is 0 Å². The standard InChI is InChI=1S/C17H16ClN5O/c1-11-7-12(2)9-13(8-11)17(24)19-10-16-20-21-22-23(16)15-5-3-14(18)4-6-15/h3-9H,10H2,1-2H3,(H,19,24). The number of aryl methyl sites for hydroxylation is 2. The third kappa shape index (κ3) is 3.60. The lowest BCUT2D eigenvalue weighted by atomic mass is 10.1. The maximum atomic E-state index is 12.3. The van der Waals surface area contributed by atoms with Crippen LogP contribution in [-0.2, 0) is 6.54 Å². The molecule has 0 aliphatic carbocycles. The van der Waals surface area contributed by atoms with Crippen LogP contribution in [0.15, 0.2) is 42.5 Å². The van der Waals surface area contributed by atoms with Crippen molar-refractivity contribution in [3.05, 3.63) is 70.0 Å². The van der Waals surface area contributed by atoms with Gasteiger partial charge >= 0.3 is 0 Å². The fourth-order valence-electron chi connectivity index (χ4n) is 2.47. The molecule has 0 aliphatic heterocycles. The molecule has 7 heteroatoms. The minimum Gasteiger partial charge on any atom is -0.345 e. The molecule has 0 saturated carbocycles. The predicted octanol–water partition coefficient (Wildman–Crippen LogP) is 2.86. The lowest BCUT2D eigenvalue weighted by molar-refractivity contribution is 0.0949. The van der Waals surface area contributed by atoms with Gasteiger partial charge in [0.25, 0.3) is 5.91 Å². The Morgan fingerprint density at radius 3 is 2.46 bits per heavy atom. The third-order valence-corrected chi connectivity index (χ3v) is 3.75. The zero-order valence-corrected chi connectivity index (χ0v) is 14.1. The van der Waals surface area contributed by atoms with Crippen molar-refractivity contribution in [3.8, 4) is 5.69 Å². The van der Waals surface area contributed by atoms with Gasteiger partial charge in [-0.3, -0.25) is 4.79 Å². The summed E-state index contributed by atoms with van der Waals surface area (Å²) in [5.74, 6) is 0.377. The lowest BCUT2D eigenvalue weighted by Gasteiger charge is -2.08. The monoisotopic (exact) mass is 341 g/mol. The van der Waals surface area contributed by atoms with Gasteiger partial charge in [0.1, 0.15) is 0 Å². The quantitative estimate of drug-likeness (QED) is 0.792. The van der Waals surface area contributed by atoms with E-state index in [0.717, 1.165) is 16.8 Å². The van der Waals surface area contributed by atoms with Gasteiger partial charge in [-0.1, -0.05) is 28.8 Å². The highest BCUT2D eigenvalue weighted by Gasteiger charge is 2.11. The number of carbonyl (C=O) groups is 1. The van der Waals surface area contributed by atoms with Crippen LogP contribution in [0.1, 0.15) is 27.3 Å². The molecule has 3 rings (SSSR count). The lowest BCUT2D eigenvalue weighted by Crippen LogP contribution is -2.25. The van der Waals surface area contributed by atoms with Crippen LogP contribution in [0.3, 0.4) is 0 Å². The summed E-state index contributed by atoms with van der Waals surface area (Å²) in [6.07, 6.45) is 0. The molecule has 0 fully saturated rings. The van der Waals surface area contributed by atoms with Gasteiger partial charge in [-0.25, -0.2) is 0 Å². The van der Waals surface area contributed by atoms with Crippen molar-refractivity contribution in [1.82, 2.24) is 25.5 Å². The second-order valence-corrected chi connectivity index (χ2v) is 5.98. The zero-order chi connectivity index (χ0) is 17.1. The largest absolute Gasteiger partial charge is 0.345 e. The number of hydrogen-bond donors (Lipinski definition) is 1. The van der Waals surface area contributed by atoms with Gasteiger partial charge in [-0.2, -0.15) is 4.68 Å². The second-order valence-electron chi connectivity index (χ2n) is 5.54. The highest BCUT2D eigenvalue weighted by molar-refractivity contribution is 6.30. The topological polar surface area (TPSA) is 72.7 Å². The Balaban J connectivity index is 1.74. The molecule has 0 atom stereocenters. The van der Waals surface area contributed by atoms with Crippen molar-refractivity contribution < 1.29 is 4.79 Å². The van der Waals surface area contributed by atoms with Crippen LogP contribution >= 0.6 is 11.6 Å². The van der Waals surface area contributed by atoms with Gasteiger partial charge in [0.2, 0.25) is 0 Å². The third-order valence-electron chi connectivity index (χ3n) is 3.50. The fraction of sp³-hybridized carbons (Fsp3) is 0.176. The molecule has 0 spiro atoms. The van der Waals surface area contributed by atoms with E-state index >= 15 is 0 Å². The van der Waals surface area contributed by atoms with E-state index in [4.69, 9.17) is 11.6 Å². The molecule has 6 nitrogen and oxygen atoms in total. The molecular weight excluding hydrogens is 326 g/mol. The van der Waals surface area contributed by atoms with Crippen LogP contribution in [0, 0.1) is 13.8 Å². The molecule has 122 valence electrons. The molecule has 1 aromatic heterocycles. The summed E-state index contributed by atoms with van der Waals surface area (Å²) in [5.41, 5.74) is 3.50. The molecule has 1 heterocycles. The Labute approximate surface area is 144 Å². The normalized spacial score (nSPS) is 10.6. The van der Waals surface area contributed by atoms with E-state index in [2.05, 4.69) is 20.8 Å². The second kappa shape index (κ2) is 6.80. The number of aromatic nitrogens is 4. The Kier molecular flexibility index (Phi) is 4.57. The number of halogens is 1. The molecule has 24 heavy (non-hydrogen) atoms. The first kappa shape index (κ1) is 16.1. The molecule has 0 aliphatic rings. The number of nitrogens with one attached hydrogen (secondary N) is 1. The molecule has 3 aromatic rings. The van der Waals surface area contributed by atoms with E-state index in [1.54, 1.807) is 16.8 Å². The number of hydrogen-bond acceptors (Lipinski definition) is 4. The summed E-state index contributed by atoms with van der Waals surface area (Å²) in [7, 11) is 0. The number of nitrogens with zero attached hydrogens (tertiary/aromatic N) is 4. The van der Waals surface area contributed by atoms with Gasteiger partial charge < -0.3 is 5.32 Å². The summed E-state index contributed by atoms with van der Waals surface area (Å²) in [6.45, 7) is 4.15. The number of benzene rings is 2. The smallest absolute Gasteiger partial charge is 0.251 e. The first-order valence-electron chi connectivity index (χ1n) is 7.42. The highest BCUT2D eigenvalue weighted by Crippen LogP contribution is 2.13. The summed E-state index contributed by atoms with van der Waals surface area (Å²) < 4.78 is 1.57. The van der Waals surface area contributed by atoms with Crippen molar-refractivity contribution in [2.24, 2.45) is 0 Å². The average Bonchev–Trinajstić information content (AvgIpc) is 3.01. The minimum absolute atomic E-state index is 0.160. The zero-order valence-electron chi connectivity index (χ0n) is 13.3. The van der Waals surface area contributed by atoms with E-state index in [1.165, 1.54) is 0 Å². The Morgan fingerprint density at radius 1 is 1.12 bits per heavy atom. The fourth-order valence-corrected chi connectivity index (χ4v) is 2.59. The van der Waals surface area contributed by atoms with E-state index in [9.17, 15) is 4.79 Å². The van der Waals surface area contributed by atoms with Crippen LogP contribution in [0.4, 0.5) is 0 Å². The first-order chi connectivity index (χ1) is 11.5. The van der Waals surface area contributed by atoms with Crippen LogP contribution in [-0.4, -0.2) is 26.1 Å². The van der Waals surface area contributed by atoms with Crippen molar-refractivity contribution in [2.45, 2.75) is 20.4 Å². The molecule has 0 bridgehead atoms. The summed E-state index contributed by atoms with van der Waals surface area (Å²) in [6, 6.07) is 12.9. The van der Waals surface area contributed by atoms with Crippen LogP contribution in [0.2, 0.25) is 5.02 Å². The van der Waals surface area contributed by atoms with Gasteiger partial charge in [-0.15, -0.1) is 5.10 Å². The molecule has 0 saturated heterocycles. The van der Waals surface area contributed by atoms with Crippen molar-refractivity contribution in [1.29, 1.82) is 0 Å². The summed E-state index contributed by atoms with van der Waals surface area (Å²) >= 11 is 5.89. The first-order valence-corrected chi connectivity index (χ1v) is 7.80. The van der Waals surface area contributed by atoms with Gasteiger partial charge in [0.15, 0.2) is 5.82 Å². The van der Waals surface area contributed by atoms with Crippen molar-refractivity contribution >= 4 is 17.5 Å². The van der Waals surface area contributed by atoms with Crippen molar-refractivity contribution in [2.75, 3.05) is 0 Å². The van der Waals surface area contributed by atoms with Crippen LogP contribution < -0.4 is 5.32 Å². The Morgan fingerprint density at radius 2 is 1.79 bits per heavy atom. The number of rotatable bonds is 4. The molecular formula is C17H16ClN5O. The number of tetrazole rings is 1. The van der Waals surface area contributed by atoms with Gasteiger partial charge in [0, 0.05) is 10.6 Å². The maximum absolute atomic E-state index is 12.3. The van der Waals surface area contributed by atoms with Crippen LogP contribution in [0.25, 0.3) is 5.69 Å². The van der Waals surface area contributed by atoms with E-state index in [1.807, 2.05) is 44.2 Å². The van der Waals surface area contributed by atoms with E-state index in [0.29, 0.717) is 16.4 Å². The highest BCUT2D eigenvalue weighted by atomic mass is 35.5. The summed E-state index contributed by atoms with van der Waals surface area (Å²) in [4.78, 5) is 12.3. The number of carbonyl (C=O) groups excluding carboxylic acids is 1. The molecule has 1 N–H and O–H groups in total. The van der Waals surface area contributed by atoms with E-state index < -0.39 is 0 Å². The SMILES string of the molecule is Cc1cc(C)cc(C(=O)NCc2nnnn2-c2ccc(Cl)cc2)c1. The molecule has 2 aromatic carbocycles. The average molecular weight is 342 g/mol. The van der Waals surface area contributed by atoms with Gasteiger partial charge in [0.05, 0.1) is 12.2 Å². The maximum Gasteiger partial charge on any atom is 0.251 e. The predicted molar refractivity (Wildman–Crippen MR) is 91.3 cm³/mol. The number of amides is 1. The summed E-state index contributed by atoms with van der Waals surface area (Å²) in [5, 5.41) is 15.1. The van der Waals surface area contributed by atoms with E-state index in [-0.39, 0.29) is 12.5 Å². The van der Waals surface area contributed by atoms with Gasteiger partial charge in [-0.05, 0) is 60.7 Å². The Bertz CT molecular complexity index is 853.